The van der Waals surface area contributed by atoms with Crippen molar-refractivity contribution >= 4 is 29.3 Å². The third kappa shape index (κ3) is 5.71. The van der Waals surface area contributed by atoms with Gasteiger partial charge in [-0.05, 0) is 56.6 Å². The Morgan fingerprint density at radius 1 is 1.06 bits per heavy atom. The fraction of sp³-hybridized carbons (Fsp3) is 0.375. The Balaban J connectivity index is 1.45. The van der Waals surface area contributed by atoms with E-state index in [1.807, 2.05) is 61.5 Å². The van der Waals surface area contributed by atoms with E-state index in [0.717, 1.165) is 41.9 Å². The fourth-order valence-corrected chi connectivity index (χ4v) is 5.05. The molecule has 0 aliphatic carbocycles. The van der Waals surface area contributed by atoms with Crippen LogP contribution in [-0.2, 0) is 11.3 Å². The number of hydrogen-bond donors (Lipinski definition) is 1. The van der Waals surface area contributed by atoms with Crippen LogP contribution in [0.2, 0.25) is 5.02 Å². The monoisotopic (exact) mass is 469 g/mol. The van der Waals surface area contributed by atoms with Gasteiger partial charge in [0.05, 0.1) is 18.3 Å². The summed E-state index contributed by atoms with van der Waals surface area (Å²) in [5.74, 6) is 1.09. The predicted octanol–water partition coefficient (Wildman–Crippen LogP) is 4.88. The lowest BCUT2D eigenvalue weighted by atomic mass is 10.1. The molecule has 0 bridgehead atoms. The van der Waals surface area contributed by atoms with Crippen molar-refractivity contribution in [2.75, 3.05) is 18.8 Å². The highest BCUT2D eigenvalue weighted by Gasteiger charge is 2.20. The van der Waals surface area contributed by atoms with E-state index in [4.69, 9.17) is 11.6 Å². The first-order valence-corrected chi connectivity index (χ1v) is 12.4. The Kier molecular flexibility index (Phi) is 7.84. The lowest BCUT2D eigenvalue weighted by Crippen LogP contribution is -2.30. The summed E-state index contributed by atoms with van der Waals surface area (Å²) in [5, 5.41) is 13.3. The molecule has 6 nitrogen and oxygen atoms in total. The number of piperidine rings is 1. The molecular weight excluding hydrogens is 442 g/mol. The zero-order valence-corrected chi connectivity index (χ0v) is 19.8. The molecule has 1 aromatic heterocycles. The largest absolute Gasteiger partial charge is 0.349 e. The van der Waals surface area contributed by atoms with Crippen molar-refractivity contribution in [1.82, 2.24) is 25.0 Å². The highest BCUT2D eigenvalue weighted by Crippen LogP contribution is 2.25. The second-order valence-electron chi connectivity index (χ2n) is 8.01. The van der Waals surface area contributed by atoms with Crippen LogP contribution in [0.15, 0.2) is 59.8 Å². The number of aromatic nitrogens is 3. The van der Waals surface area contributed by atoms with Crippen molar-refractivity contribution in [3.05, 3.63) is 71.0 Å². The molecule has 2 heterocycles. The average Bonchev–Trinajstić information content (AvgIpc) is 3.21. The number of nitrogens with one attached hydrogen (secondary N) is 1. The molecule has 1 aliphatic heterocycles. The number of carbonyl (C=O) groups excluding carboxylic acids is 1. The van der Waals surface area contributed by atoms with E-state index in [-0.39, 0.29) is 17.7 Å². The SMILES string of the molecule is CC(NC(=O)CSc1nnc(CN2CCCCC2)n1-c1ccccc1)c1ccccc1Cl. The summed E-state index contributed by atoms with van der Waals surface area (Å²) in [6.45, 7) is 4.88. The maximum Gasteiger partial charge on any atom is 0.230 e. The Morgan fingerprint density at radius 2 is 1.78 bits per heavy atom. The molecule has 3 aromatic rings. The average molecular weight is 470 g/mol. The summed E-state index contributed by atoms with van der Waals surface area (Å²) in [7, 11) is 0. The second-order valence-corrected chi connectivity index (χ2v) is 9.36. The van der Waals surface area contributed by atoms with Gasteiger partial charge in [-0.15, -0.1) is 10.2 Å². The Hall–Kier alpha value is -2.35. The number of benzene rings is 2. The first kappa shape index (κ1) is 22.8. The van der Waals surface area contributed by atoms with Crippen LogP contribution >= 0.6 is 23.4 Å². The zero-order valence-electron chi connectivity index (χ0n) is 18.2. The molecule has 32 heavy (non-hydrogen) atoms. The topological polar surface area (TPSA) is 63.1 Å². The van der Waals surface area contributed by atoms with Crippen molar-refractivity contribution in [3.8, 4) is 5.69 Å². The summed E-state index contributed by atoms with van der Waals surface area (Å²) in [6, 6.07) is 17.5. The van der Waals surface area contributed by atoms with E-state index in [1.165, 1.54) is 31.0 Å². The normalized spacial score (nSPS) is 15.4. The molecule has 8 heteroatoms. The summed E-state index contributed by atoms with van der Waals surface area (Å²) in [4.78, 5) is 15.1. The van der Waals surface area contributed by atoms with Crippen molar-refractivity contribution in [1.29, 1.82) is 0 Å². The molecule has 1 aliphatic rings. The Labute approximate surface area is 198 Å². The summed E-state index contributed by atoms with van der Waals surface area (Å²) >= 11 is 7.66. The van der Waals surface area contributed by atoms with Crippen molar-refractivity contribution in [2.45, 2.75) is 43.9 Å². The number of para-hydroxylation sites is 1. The van der Waals surface area contributed by atoms with Gasteiger partial charge in [-0.2, -0.15) is 0 Å². The third-order valence-corrected chi connectivity index (χ3v) is 6.88. The molecule has 1 amide bonds. The molecule has 1 unspecified atom stereocenters. The number of rotatable bonds is 8. The number of nitrogens with zero attached hydrogens (tertiary/aromatic N) is 4. The van der Waals surface area contributed by atoms with Crippen LogP contribution in [0, 0.1) is 0 Å². The third-order valence-electron chi connectivity index (χ3n) is 5.61. The Morgan fingerprint density at radius 3 is 2.53 bits per heavy atom. The van der Waals surface area contributed by atoms with Crippen LogP contribution in [0.25, 0.3) is 5.69 Å². The van der Waals surface area contributed by atoms with E-state index < -0.39 is 0 Å². The number of amides is 1. The fourth-order valence-electron chi connectivity index (χ4n) is 3.97. The van der Waals surface area contributed by atoms with Crippen LogP contribution in [-0.4, -0.2) is 44.4 Å². The Bertz CT molecular complexity index is 1040. The lowest BCUT2D eigenvalue weighted by Gasteiger charge is -2.26. The molecular formula is C24H28ClN5OS. The molecule has 168 valence electrons. The van der Waals surface area contributed by atoms with Crippen molar-refractivity contribution in [2.24, 2.45) is 0 Å². The van der Waals surface area contributed by atoms with Gasteiger partial charge in [-0.1, -0.05) is 66.2 Å². The van der Waals surface area contributed by atoms with Gasteiger partial charge in [0.2, 0.25) is 5.91 Å². The van der Waals surface area contributed by atoms with Gasteiger partial charge in [-0.25, -0.2) is 0 Å². The predicted molar refractivity (Wildman–Crippen MR) is 129 cm³/mol. The molecule has 0 spiro atoms. The molecule has 4 rings (SSSR count). The van der Waals surface area contributed by atoms with Gasteiger partial charge >= 0.3 is 0 Å². The molecule has 1 saturated heterocycles. The van der Waals surface area contributed by atoms with Crippen molar-refractivity contribution in [3.63, 3.8) is 0 Å². The van der Waals surface area contributed by atoms with Crippen LogP contribution in [0.5, 0.6) is 0 Å². The molecule has 1 atom stereocenters. The summed E-state index contributed by atoms with van der Waals surface area (Å²) in [5.41, 5.74) is 1.92. The minimum atomic E-state index is -0.168. The number of likely N-dealkylation sites (tertiary alicyclic amines) is 1. The maximum absolute atomic E-state index is 12.6. The highest BCUT2D eigenvalue weighted by atomic mass is 35.5. The van der Waals surface area contributed by atoms with Crippen LogP contribution in [0.3, 0.4) is 0 Å². The van der Waals surface area contributed by atoms with Gasteiger partial charge in [0.15, 0.2) is 11.0 Å². The van der Waals surface area contributed by atoms with E-state index >= 15 is 0 Å². The molecule has 2 aromatic carbocycles. The van der Waals surface area contributed by atoms with E-state index in [2.05, 4.69) is 25.0 Å². The number of thioether (sulfide) groups is 1. The molecule has 0 radical (unpaired) electrons. The van der Waals surface area contributed by atoms with Gasteiger partial charge < -0.3 is 5.32 Å². The maximum atomic E-state index is 12.6. The quantitative estimate of drug-likeness (QED) is 0.476. The zero-order chi connectivity index (χ0) is 22.3. The molecule has 1 fully saturated rings. The number of hydrogen-bond acceptors (Lipinski definition) is 5. The number of halogens is 1. The van der Waals surface area contributed by atoms with Crippen molar-refractivity contribution < 1.29 is 4.79 Å². The van der Waals surface area contributed by atoms with Gasteiger partial charge in [0.25, 0.3) is 0 Å². The number of carbonyl (C=O) groups is 1. The van der Waals surface area contributed by atoms with E-state index in [1.54, 1.807) is 0 Å². The first-order valence-electron chi connectivity index (χ1n) is 11.0. The standard InChI is InChI=1S/C24H28ClN5OS/c1-18(20-12-6-7-13-21(20)25)26-23(31)17-32-24-28-27-22(16-29-14-8-3-9-15-29)30(24)19-10-4-2-5-11-19/h2,4-7,10-13,18H,3,8-9,14-17H2,1H3,(H,26,31). The lowest BCUT2D eigenvalue weighted by molar-refractivity contribution is -0.119. The van der Waals surface area contributed by atoms with E-state index in [0.29, 0.717) is 5.02 Å². The van der Waals surface area contributed by atoms with Gasteiger partial charge in [-0.3, -0.25) is 14.3 Å². The smallest absolute Gasteiger partial charge is 0.230 e. The second kappa shape index (κ2) is 11.0. The van der Waals surface area contributed by atoms with Gasteiger partial charge in [0, 0.05) is 10.7 Å². The minimum Gasteiger partial charge on any atom is -0.349 e. The first-order chi connectivity index (χ1) is 15.6. The van der Waals surface area contributed by atoms with E-state index in [9.17, 15) is 4.79 Å². The van der Waals surface area contributed by atoms with Gasteiger partial charge in [0.1, 0.15) is 0 Å². The summed E-state index contributed by atoms with van der Waals surface area (Å²) in [6.07, 6.45) is 3.75. The molecule has 0 saturated carbocycles. The minimum absolute atomic E-state index is 0.0670. The van der Waals surface area contributed by atoms with Crippen LogP contribution in [0.1, 0.15) is 43.6 Å². The summed E-state index contributed by atoms with van der Waals surface area (Å²) < 4.78 is 2.07. The molecule has 1 N–H and O–H groups in total. The van der Waals surface area contributed by atoms with Crippen LogP contribution in [0.4, 0.5) is 0 Å². The highest BCUT2D eigenvalue weighted by molar-refractivity contribution is 7.99. The van der Waals surface area contributed by atoms with Crippen LogP contribution < -0.4 is 5.32 Å².